The molecule has 1 aromatic carbocycles. The summed E-state index contributed by atoms with van der Waals surface area (Å²) in [6, 6.07) is 7.79. The van der Waals surface area contributed by atoms with Crippen LogP contribution in [0, 0.1) is 11.3 Å². The van der Waals surface area contributed by atoms with Crippen LogP contribution in [0.15, 0.2) is 18.2 Å². The molecular weight excluding hydrogens is 224 g/mol. The van der Waals surface area contributed by atoms with Crippen LogP contribution in [0.25, 0.3) is 0 Å². The lowest BCUT2D eigenvalue weighted by Crippen LogP contribution is -2.40. The number of hydrogen-bond acceptors (Lipinski definition) is 3. The van der Waals surface area contributed by atoms with E-state index in [1.165, 1.54) is 0 Å². The number of halogens is 1. The van der Waals surface area contributed by atoms with Crippen LogP contribution in [0.2, 0.25) is 5.02 Å². The molecule has 1 aromatic rings. The normalized spacial score (nSPS) is 23.3. The molecule has 0 radical (unpaired) electrons. The van der Waals surface area contributed by atoms with E-state index < -0.39 is 0 Å². The Morgan fingerprint density at radius 3 is 2.88 bits per heavy atom. The van der Waals surface area contributed by atoms with Crippen molar-refractivity contribution in [1.82, 2.24) is 0 Å². The highest BCUT2D eigenvalue weighted by Gasteiger charge is 2.29. The lowest BCUT2D eigenvalue weighted by molar-refractivity contribution is 0.0328. The summed E-state index contributed by atoms with van der Waals surface area (Å²) < 4.78 is 5.20. The van der Waals surface area contributed by atoms with Gasteiger partial charge in [-0.3, -0.25) is 0 Å². The third-order valence-electron chi connectivity index (χ3n) is 2.89. The monoisotopic (exact) mass is 236 g/mol. The minimum atomic E-state index is 0.349. The van der Waals surface area contributed by atoms with E-state index in [4.69, 9.17) is 21.6 Å². The largest absolute Gasteiger partial charge is 0.381 e. The van der Waals surface area contributed by atoms with Crippen molar-refractivity contribution in [3.63, 3.8) is 0 Å². The van der Waals surface area contributed by atoms with Crippen LogP contribution in [0.1, 0.15) is 18.4 Å². The molecule has 0 atom stereocenters. The van der Waals surface area contributed by atoms with E-state index in [1.54, 1.807) is 25.3 Å². The fourth-order valence-electron chi connectivity index (χ4n) is 1.83. The highest BCUT2D eigenvalue weighted by molar-refractivity contribution is 6.30. The van der Waals surface area contributed by atoms with Gasteiger partial charge in [0.1, 0.15) is 6.07 Å². The number of ether oxygens (including phenoxy) is 1. The molecule has 0 bridgehead atoms. The summed E-state index contributed by atoms with van der Waals surface area (Å²) in [5, 5.41) is 12.9. The third-order valence-corrected chi connectivity index (χ3v) is 3.12. The Hall–Kier alpha value is -1.24. The summed E-state index contributed by atoms with van der Waals surface area (Å²) in [5.41, 5.74) is 1.44. The van der Waals surface area contributed by atoms with Crippen molar-refractivity contribution < 1.29 is 4.74 Å². The number of nitrogens with zero attached hydrogens (tertiary/aromatic N) is 1. The Labute approximate surface area is 100.0 Å². The molecule has 0 aromatic heterocycles. The van der Waals surface area contributed by atoms with E-state index in [2.05, 4.69) is 11.4 Å². The number of hydrogen-bond donors (Lipinski definition) is 1. The van der Waals surface area contributed by atoms with Crippen molar-refractivity contribution in [3.8, 4) is 6.07 Å². The topological polar surface area (TPSA) is 45.0 Å². The molecule has 3 nitrogen and oxygen atoms in total. The van der Waals surface area contributed by atoms with Gasteiger partial charge in [0, 0.05) is 18.2 Å². The summed E-state index contributed by atoms with van der Waals surface area (Å²) in [6.45, 7) is 0. The van der Waals surface area contributed by atoms with Gasteiger partial charge >= 0.3 is 0 Å². The van der Waals surface area contributed by atoms with Gasteiger partial charge < -0.3 is 10.1 Å². The van der Waals surface area contributed by atoms with Crippen molar-refractivity contribution in [2.75, 3.05) is 12.4 Å². The van der Waals surface area contributed by atoms with Crippen LogP contribution in [0.3, 0.4) is 0 Å². The second-order valence-electron chi connectivity index (χ2n) is 3.97. The first kappa shape index (κ1) is 11.3. The molecule has 16 heavy (non-hydrogen) atoms. The van der Waals surface area contributed by atoms with Crippen molar-refractivity contribution in [2.24, 2.45) is 0 Å². The molecule has 0 amide bonds. The zero-order valence-electron chi connectivity index (χ0n) is 9.03. The molecular formula is C12H13ClN2O. The second-order valence-corrected chi connectivity index (χ2v) is 4.41. The first-order valence-corrected chi connectivity index (χ1v) is 5.59. The number of rotatable bonds is 3. The minimum Gasteiger partial charge on any atom is -0.381 e. The summed E-state index contributed by atoms with van der Waals surface area (Å²) >= 11 is 5.90. The number of nitriles is 1. The van der Waals surface area contributed by atoms with E-state index in [0.717, 1.165) is 18.5 Å². The molecule has 2 rings (SSSR count). The van der Waals surface area contributed by atoms with Gasteiger partial charge in [-0.05, 0) is 31.0 Å². The van der Waals surface area contributed by atoms with Crippen LogP contribution in [0.4, 0.5) is 5.69 Å². The van der Waals surface area contributed by atoms with Crippen LogP contribution in [0.5, 0.6) is 0 Å². The Morgan fingerprint density at radius 1 is 1.50 bits per heavy atom. The maximum atomic E-state index is 8.95. The average molecular weight is 237 g/mol. The number of anilines is 1. The molecule has 4 heteroatoms. The van der Waals surface area contributed by atoms with Gasteiger partial charge in [0.05, 0.1) is 17.4 Å². The minimum absolute atomic E-state index is 0.349. The maximum absolute atomic E-state index is 8.95. The predicted octanol–water partition coefficient (Wildman–Crippen LogP) is 2.80. The second kappa shape index (κ2) is 4.73. The summed E-state index contributed by atoms with van der Waals surface area (Å²) in [6.07, 6.45) is 2.31. The van der Waals surface area contributed by atoms with E-state index >= 15 is 0 Å². The number of methoxy groups -OCH3 is 1. The molecule has 1 fully saturated rings. The van der Waals surface area contributed by atoms with Crippen molar-refractivity contribution in [2.45, 2.75) is 25.0 Å². The Kier molecular flexibility index (Phi) is 3.33. The van der Waals surface area contributed by atoms with Gasteiger partial charge in [-0.2, -0.15) is 5.26 Å². The van der Waals surface area contributed by atoms with Gasteiger partial charge in [0.25, 0.3) is 0 Å². The molecule has 0 spiro atoms. The quantitative estimate of drug-likeness (QED) is 0.878. The molecule has 1 aliphatic rings. The highest BCUT2D eigenvalue weighted by atomic mass is 35.5. The Balaban J connectivity index is 2.04. The standard InChI is InChI=1S/C12H13ClN2O/c1-16-11-5-10(6-11)15-12-4-9(13)3-2-8(12)7-14/h2-4,10-11,15H,5-6H2,1H3. The predicted molar refractivity (Wildman–Crippen MR) is 63.6 cm³/mol. The van der Waals surface area contributed by atoms with Crippen molar-refractivity contribution in [1.29, 1.82) is 5.26 Å². The average Bonchev–Trinajstić information content (AvgIpc) is 2.23. The van der Waals surface area contributed by atoms with E-state index in [1.807, 2.05) is 0 Å². The summed E-state index contributed by atoms with van der Waals surface area (Å²) in [5.74, 6) is 0. The SMILES string of the molecule is COC1CC(Nc2cc(Cl)ccc2C#N)C1. The number of nitrogens with one attached hydrogen (secondary N) is 1. The lowest BCUT2D eigenvalue weighted by Gasteiger charge is -2.35. The molecule has 1 aliphatic carbocycles. The fourth-order valence-corrected chi connectivity index (χ4v) is 2.00. The zero-order chi connectivity index (χ0) is 11.5. The lowest BCUT2D eigenvalue weighted by atomic mass is 9.89. The van der Waals surface area contributed by atoms with Crippen molar-refractivity contribution >= 4 is 17.3 Å². The van der Waals surface area contributed by atoms with E-state index in [-0.39, 0.29) is 0 Å². The molecule has 1 N–H and O–H groups in total. The maximum Gasteiger partial charge on any atom is 0.101 e. The van der Waals surface area contributed by atoms with Crippen molar-refractivity contribution in [3.05, 3.63) is 28.8 Å². The van der Waals surface area contributed by atoms with Crippen LogP contribution >= 0.6 is 11.6 Å². The van der Waals surface area contributed by atoms with Crippen LogP contribution in [-0.2, 0) is 4.74 Å². The number of benzene rings is 1. The summed E-state index contributed by atoms with van der Waals surface area (Å²) in [7, 11) is 1.72. The third kappa shape index (κ3) is 2.29. The first-order valence-electron chi connectivity index (χ1n) is 5.22. The molecule has 84 valence electrons. The molecule has 0 saturated heterocycles. The van der Waals surface area contributed by atoms with E-state index in [9.17, 15) is 0 Å². The Bertz CT molecular complexity index is 422. The fraction of sp³-hybridized carbons (Fsp3) is 0.417. The van der Waals surface area contributed by atoms with Gasteiger partial charge in [-0.1, -0.05) is 11.6 Å². The molecule has 1 saturated carbocycles. The highest BCUT2D eigenvalue weighted by Crippen LogP contribution is 2.28. The van der Waals surface area contributed by atoms with Crippen LogP contribution < -0.4 is 5.32 Å². The first-order chi connectivity index (χ1) is 7.72. The van der Waals surface area contributed by atoms with Gasteiger partial charge in [-0.25, -0.2) is 0 Å². The van der Waals surface area contributed by atoms with E-state index in [0.29, 0.717) is 22.7 Å². The molecule has 0 unspecified atom stereocenters. The molecule has 0 aliphatic heterocycles. The Morgan fingerprint density at radius 2 is 2.25 bits per heavy atom. The smallest absolute Gasteiger partial charge is 0.101 e. The van der Waals surface area contributed by atoms with Gasteiger partial charge in [0.2, 0.25) is 0 Å². The zero-order valence-corrected chi connectivity index (χ0v) is 9.79. The molecule has 0 heterocycles. The van der Waals surface area contributed by atoms with Gasteiger partial charge in [-0.15, -0.1) is 0 Å². The van der Waals surface area contributed by atoms with Gasteiger partial charge in [0.15, 0.2) is 0 Å². The summed E-state index contributed by atoms with van der Waals surface area (Å²) in [4.78, 5) is 0. The van der Waals surface area contributed by atoms with Crippen LogP contribution in [-0.4, -0.2) is 19.3 Å².